The van der Waals surface area contributed by atoms with Gasteiger partial charge < -0.3 is 10.6 Å². The van der Waals surface area contributed by atoms with Gasteiger partial charge in [-0.2, -0.15) is 10.2 Å². The van der Waals surface area contributed by atoms with Gasteiger partial charge in [-0.3, -0.25) is 9.59 Å². The molecule has 0 saturated heterocycles. The number of amides is 2. The van der Waals surface area contributed by atoms with Gasteiger partial charge in [0.15, 0.2) is 0 Å². The number of unbranched alkanes of at least 4 members (excludes halogenated alkanes) is 15. The zero-order valence-corrected chi connectivity index (χ0v) is 24.1. The van der Waals surface area contributed by atoms with Crippen molar-refractivity contribution in [2.75, 3.05) is 13.1 Å². The van der Waals surface area contributed by atoms with Gasteiger partial charge in [0, 0.05) is 12.1 Å². The van der Waals surface area contributed by atoms with Gasteiger partial charge >= 0.3 is 0 Å². The molecule has 0 bridgehead atoms. The number of azo groups is 1. The number of nitrogens with zero attached hydrogens (tertiary/aromatic N) is 2. The molecule has 0 aromatic heterocycles. The number of nitrogens with one attached hydrogen (secondary N) is 2. The first-order chi connectivity index (χ1) is 19.2. The molecule has 6 heteroatoms. The Morgan fingerprint density at radius 3 is 1.54 bits per heavy atom. The first kappa shape index (κ1) is 32.2. The van der Waals surface area contributed by atoms with Crippen LogP contribution in [0.15, 0.2) is 64.8 Å². The Balaban J connectivity index is 1.40. The second kappa shape index (κ2) is 21.9. The van der Waals surface area contributed by atoms with E-state index in [1.807, 2.05) is 30.3 Å². The molecule has 0 aliphatic heterocycles. The number of hydrogen-bond acceptors (Lipinski definition) is 4. The zero-order chi connectivity index (χ0) is 27.8. The third-order valence-electron chi connectivity index (χ3n) is 6.93. The van der Waals surface area contributed by atoms with E-state index in [0.29, 0.717) is 17.8 Å². The molecule has 0 saturated carbocycles. The first-order valence-corrected chi connectivity index (χ1v) is 15.3. The Bertz CT molecular complexity index is 928. The SMILES string of the molecule is CCCCCCCCCCCCCCCCCCNC(=O)CNC(=O)c1ccc(N=Nc2ccccc2)cc1. The Hall–Kier alpha value is -3.02. The Morgan fingerprint density at radius 1 is 0.564 bits per heavy atom. The molecule has 0 heterocycles. The fourth-order valence-electron chi connectivity index (χ4n) is 4.52. The van der Waals surface area contributed by atoms with Gasteiger partial charge in [-0.05, 0) is 42.8 Å². The molecule has 2 rings (SSSR count). The van der Waals surface area contributed by atoms with Gasteiger partial charge in [-0.15, -0.1) is 0 Å². The normalized spacial score (nSPS) is 11.1. The number of rotatable bonds is 22. The molecule has 2 N–H and O–H groups in total. The maximum Gasteiger partial charge on any atom is 0.251 e. The minimum atomic E-state index is -0.279. The molecular weight excluding hydrogens is 484 g/mol. The standard InChI is InChI=1S/C33H50N4O2/c1-2-3-4-5-6-7-8-9-10-11-12-13-14-15-16-20-27-34-32(38)28-35-33(39)29-23-25-31(26-24-29)37-36-30-21-18-17-19-22-30/h17-19,21-26H,2-16,20,27-28H2,1H3,(H,34,38)(H,35,39). The van der Waals surface area contributed by atoms with Crippen molar-refractivity contribution in [3.63, 3.8) is 0 Å². The topological polar surface area (TPSA) is 82.9 Å². The lowest BCUT2D eigenvalue weighted by molar-refractivity contribution is -0.120. The fraction of sp³-hybridized carbons (Fsp3) is 0.576. The smallest absolute Gasteiger partial charge is 0.251 e. The predicted octanol–water partition coefficient (Wildman–Crippen LogP) is 9.21. The van der Waals surface area contributed by atoms with Crippen LogP contribution in [0.5, 0.6) is 0 Å². The predicted molar refractivity (Wildman–Crippen MR) is 162 cm³/mol. The first-order valence-electron chi connectivity index (χ1n) is 15.3. The summed E-state index contributed by atoms with van der Waals surface area (Å²) < 4.78 is 0. The van der Waals surface area contributed by atoms with Crippen LogP contribution in [0.25, 0.3) is 0 Å². The fourth-order valence-corrected chi connectivity index (χ4v) is 4.52. The van der Waals surface area contributed by atoms with Crippen LogP contribution in [0.4, 0.5) is 11.4 Å². The highest BCUT2D eigenvalue weighted by Crippen LogP contribution is 2.18. The molecular formula is C33H50N4O2. The van der Waals surface area contributed by atoms with Crippen LogP contribution in [0.1, 0.15) is 120 Å². The van der Waals surface area contributed by atoms with Gasteiger partial charge in [0.2, 0.25) is 5.91 Å². The Labute approximate surface area is 236 Å². The Morgan fingerprint density at radius 2 is 1.03 bits per heavy atom. The molecule has 0 aliphatic rings. The zero-order valence-electron chi connectivity index (χ0n) is 24.1. The van der Waals surface area contributed by atoms with Crippen molar-refractivity contribution in [2.24, 2.45) is 10.2 Å². The van der Waals surface area contributed by atoms with E-state index >= 15 is 0 Å². The van der Waals surface area contributed by atoms with Crippen molar-refractivity contribution >= 4 is 23.2 Å². The van der Waals surface area contributed by atoms with Crippen molar-refractivity contribution in [1.82, 2.24) is 10.6 Å². The van der Waals surface area contributed by atoms with Crippen molar-refractivity contribution < 1.29 is 9.59 Å². The average molecular weight is 535 g/mol. The third kappa shape index (κ3) is 16.5. The molecule has 0 aliphatic carbocycles. The van der Waals surface area contributed by atoms with E-state index in [0.717, 1.165) is 18.5 Å². The highest BCUT2D eigenvalue weighted by atomic mass is 16.2. The van der Waals surface area contributed by atoms with Crippen molar-refractivity contribution in [1.29, 1.82) is 0 Å². The lowest BCUT2D eigenvalue weighted by Crippen LogP contribution is -2.37. The van der Waals surface area contributed by atoms with Gasteiger partial charge in [0.25, 0.3) is 5.91 Å². The molecule has 0 fully saturated rings. The summed E-state index contributed by atoms with van der Waals surface area (Å²) >= 11 is 0. The number of carbonyl (C=O) groups excluding carboxylic acids is 2. The largest absolute Gasteiger partial charge is 0.355 e. The lowest BCUT2D eigenvalue weighted by Gasteiger charge is -2.07. The lowest BCUT2D eigenvalue weighted by atomic mass is 10.0. The summed E-state index contributed by atoms with van der Waals surface area (Å²) in [7, 11) is 0. The van der Waals surface area contributed by atoms with E-state index in [1.165, 1.54) is 89.9 Å². The van der Waals surface area contributed by atoms with Crippen molar-refractivity contribution in [2.45, 2.75) is 110 Å². The van der Waals surface area contributed by atoms with E-state index in [1.54, 1.807) is 24.3 Å². The third-order valence-corrected chi connectivity index (χ3v) is 6.93. The van der Waals surface area contributed by atoms with Crippen LogP contribution in [0, 0.1) is 0 Å². The van der Waals surface area contributed by atoms with E-state index in [-0.39, 0.29) is 18.4 Å². The van der Waals surface area contributed by atoms with Gasteiger partial charge in [0.1, 0.15) is 0 Å². The highest BCUT2D eigenvalue weighted by molar-refractivity contribution is 5.96. The van der Waals surface area contributed by atoms with E-state index in [2.05, 4.69) is 27.8 Å². The molecule has 2 aromatic rings. The van der Waals surface area contributed by atoms with Crippen LogP contribution in [0.2, 0.25) is 0 Å². The van der Waals surface area contributed by atoms with Crippen LogP contribution in [0.3, 0.4) is 0 Å². The van der Waals surface area contributed by atoms with Gasteiger partial charge in [-0.25, -0.2) is 0 Å². The summed E-state index contributed by atoms with van der Waals surface area (Å²) in [5.41, 5.74) is 1.91. The minimum absolute atomic E-state index is 0.0207. The van der Waals surface area contributed by atoms with Crippen LogP contribution in [-0.2, 0) is 4.79 Å². The number of benzene rings is 2. The summed E-state index contributed by atoms with van der Waals surface area (Å²) in [5, 5.41) is 13.9. The molecule has 6 nitrogen and oxygen atoms in total. The molecule has 0 spiro atoms. The Kier molecular flexibility index (Phi) is 18.0. The van der Waals surface area contributed by atoms with Crippen molar-refractivity contribution in [3.8, 4) is 0 Å². The van der Waals surface area contributed by atoms with Gasteiger partial charge in [-0.1, -0.05) is 121 Å². The summed E-state index contributed by atoms with van der Waals surface area (Å²) in [6.45, 7) is 2.91. The average Bonchev–Trinajstić information content (AvgIpc) is 2.97. The maximum absolute atomic E-state index is 12.3. The summed E-state index contributed by atoms with van der Waals surface area (Å²) in [5.74, 6) is -0.434. The maximum atomic E-state index is 12.3. The second-order valence-electron chi connectivity index (χ2n) is 10.4. The molecule has 39 heavy (non-hydrogen) atoms. The summed E-state index contributed by atoms with van der Waals surface area (Å²) in [6.07, 6.45) is 21.3. The number of hydrogen-bond donors (Lipinski definition) is 2. The van der Waals surface area contributed by atoms with Crippen LogP contribution in [-0.4, -0.2) is 24.9 Å². The van der Waals surface area contributed by atoms with E-state index < -0.39 is 0 Å². The van der Waals surface area contributed by atoms with Gasteiger partial charge in [0.05, 0.1) is 17.9 Å². The highest BCUT2D eigenvalue weighted by Gasteiger charge is 2.08. The van der Waals surface area contributed by atoms with Crippen LogP contribution < -0.4 is 10.6 Å². The molecule has 0 radical (unpaired) electrons. The monoisotopic (exact) mass is 534 g/mol. The van der Waals surface area contributed by atoms with Crippen molar-refractivity contribution in [3.05, 3.63) is 60.2 Å². The number of carbonyl (C=O) groups is 2. The summed E-state index contributed by atoms with van der Waals surface area (Å²) in [6, 6.07) is 16.3. The summed E-state index contributed by atoms with van der Waals surface area (Å²) in [4.78, 5) is 24.4. The molecule has 2 aromatic carbocycles. The quantitative estimate of drug-likeness (QED) is 0.117. The molecule has 0 unspecified atom stereocenters. The minimum Gasteiger partial charge on any atom is -0.355 e. The van der Waals surface area contributed by atoms with Crippen LogP contribution >= 0.6 is 0 Å². The van der Waals surface area contributed by atoms with E-state index in [4.69, 9.17) is 0 Å². The van der Waals surface area contributed by atoms with E-state index in [9.17, 15) is 9.59 Å². The second-order valence-corrected chi connectivity index (χ2v) is 10.4. The molecule has 0 atom stereocenters. The molecule has 2 amide bonds. The molecule has 214 valence electrons.